The predicted molar refractivity (Wildman–Crippen MR) is 104 cm³/mol. The van der Waals surface area contributed by atoms with Gasteiger partial charge in [0.05, 0.1) is 6.20 Å². The molecular formula is C21H31FN4. The fraction of sp³-hybridized carbons (Fsp3) is 0.571. The second-order valence-electron chi connectivity index (χ2n) is 7.74. The van der Waals surface area contributed by atoms with Crippen molar-refractivity contribution in [2.24, 2.45) is 13.0 Å². The van der Waals surface area contributed by atoms with Gasteiger partial charge in [-0.05, 0) is 69.9 Å². The highest BCUT2D eigenvalue weighted by Gasteiger charge is 2.20. The molecule has 2 aromatic rings. The Morgan fingerprint density at radius 2 is 2.04 bits per heavy atom. The fourth-order valence-electron chi connectivity index (χ4n) is 3.87. The maximum atomic E-state index is 13.3. The number of aromatic nitrogens is 2. The van der Waals surface area contributed by atoms with Gasteiger partial charge in [0.25, 0.3) is 0 Å². The Labute approximate surface area is 156 Å². The zero-order valence-electron chi connectivity index (χ0n) is 16.3. The van der Waals surface area contributed by atoms with E-state index in [0.717, 1.165) is 50.6 Å². The molecular weight excluding hydrogens is 327 g/mol. The summed E-state index contributed by atoms with van der Waals surface area (Å²) in [4.78, 5) is 4.95. The molecule has 1 aliphatic rings. The van der Waals surface area contributed by atoms with Gasteiger partial charge < -0.3 is 9.80 Å². The van der Waals surface area contributed by atoms with Crippen LogP contribution < -0.4 is 0 Å². The number of hydrogen-bond acceptors (Lipinski definition) is 3. The second kappa shape index (κ2) is 8.78. The number of halogens is 1. The number of piperidine rings is 1. The van der Waals surface area contributed by atoms with Gasteiger partial charge in [-0.15, -0.1) is 0 Å². The largest absolute Gasteiger partial charge is 0.303 e. The van der Waals surface area contributed by atoms with Crippen molar-refractivity contribution in [3.8, 4) is 0 Å². The topological polar surface area (TPSA) is 24.3 Å². The molecule has 142 valence electrons. The van der Waals surface area contributed by atoms with E-state index in [1.807, 2.05) is 24.0 Å². The van der Waals surface area contributed by atoms with Crippen LogP contribution in [0.4, 0.5) is 4.39 Å². The lowest BCUT2D eigenvalue weighted by Gasteiger charge is -2.34. The van der Waals surface area contributed by atoms with E-state index in [0.29, 0.717) is 0 Å². The fourth-order valence-corrected chi connectivity index (χ4v) is 3.87. The summed E-state index contributed by atoms with van der Waals surface area (Å²) in [7, 11) is 4.21. The molecule has 1 aliphatic heterocycles. The SMILES string of the molecule is Cc1c(CN(C)CC2CCN(CCc3cccc(F)c3)CC2)cnn1C. The average molecular weight is 359 g/mol. The minimum Gasteiger partial charge on any atom is -0.303 e. The van der Waals surface area contributed by atoms with Gasteiger partial charge >= 0.3 is 0 Å². The van der Waals surface area contributed by atoms with E-state index < -0.39 is 0 Å². The minimum absolute atomic E-state index is 0.131. The van der Waals surface area contributed by atoms with Crippen LogP contribution in [0.5, 0.6) is 0 Å². The molecule has 3 rings (SSSR count). The maximum absolute atomic E-state index is 13.3. The third kappa shape index (κ3) is 5.15. The number of aryl methyl sites for hydroxylation is 1. The zero-order valence-corrected chi connectivity index (χ0v) is 16.3. The molecule has 0 spiro atoms. The van der Waals surface area contributed by atoms with Crippen LogP contribution >= 0.6 is 0 Å². The van der Waals surface area contributed by atoms with Gasteiger partial charge in [-0.25, -0.2) is 4.39 Å². The molecule has 0 amide bonds. The normalized spacial score (nSPS) is 16.5. The Morgan fingerprint density at radius 3 is 2.69 bits per heavy atom. The minimum atomic E-state index is -0.131. The van der Waals surface area contributed by atoms with Gasteiger partial charge in [-0.2, -0.15) is 5.10 Å². The van der Waals surface area contributed by atoms with Crippen LogP contribution in [0, 0.1) is 18.7 Å². The molecule has 26 heavy (non-hydrogen) atoms. The van der Waals surface area contributed by atoms with E-state index >= 15 is 0 Å². The number of rotatable bonds is 7. The Balaban J connectivity index is 1.38. The van der Waals surface area contributed by atoms with E-state index in [4.69, 9.17) is 0 Å². The number of hydrogen-bond donors (Lipinski definition) is 0. The molecule has 0 unspecified atom stereocenters. The van der Waals surface area contributed by atoms with E-state index in [2.05, 4.69) is 28.9 Å². The summed E-state index contributed by atoms with van der Waals surface area (Å²) in [6.07, 6.45) is 5.42. The third-order valence-corrected chi connectivity index (χ3v) is 5.66. The van der Waals surface area contributed by atoms with Gasteiger partial charge in [-0.3, -0.25) is 4.68 Å². The summed E-state index contributed by atoms with van der Waals surface area (Å²) in [5.41, 5.74) is 3.67. The first kappa shape index (κ1) is 19.1. The van der Waals surface area contributed by atoms with Crippen molar-refractivity contribution < 1.29 is 4.39 Å². The molecule has 0 aliphatic carbocycles. The van der Waals surface area contributed by atoms with Crippen LogP contribution in [-0.2, 0) is 20.0 Å². The summed E-state index contributed by atoms with van der Waals surface area (Å²) in [5, 5.41) is 4.34. The van der Waals surface area contributed by atoms with E-state index in [-0.39, 0.29) is 5.82 Å². The molecule has 2 heterocycles. The van der Waals surface area contributed by atoms with Crippen molar-refractivity contribution in [2.45, 2.75) is 32.7 Å². The summed E-state index contributed by atoms with van der Waals surface area (Å²) in [5.74, 6) is 0.635. The smallest absolute Gasteiger partial charge is 0.123 e. The monoisotopic (exact) mass is 358 g/mol. The quantitative estimate of drug-likeness (QED) is 0.759. The molecule has 1 aromatic carbocycles. The first-order valence-corrected chi connectivity index (χ1v) is 9.64. The summed E-state index contributed by atoms with van der Waals surface area (Å²) in [6, 6.07) is 6.99. The zero-order chi connectivity index (χ0) is 18.5. The van der Waals surface area contributed by atoms with Gasteiger partial charge in [0.2, 0.25) is 0 Å². The third-order valence-electron chi connectivity index (χ3n) is 5.66. The molecule has 0 bridgehead atoms. The number of nitrogens with zero attached hydrogens (tertiary/aromatic N) is 4. The van der Waals surface area contributed by atoms with Crippen molar-refractivity contribution in [3.05, 3.63) is 53.1 Å². The molecule has 1 fully saturated rings. The van der Waals surface area contributed by atoms with Crippen LogP contribution in [0.25, 0.3) is 0 Å². The van der Waals surface area contributed by atoms with Gasteiger partial charge in [0, 0.05) is 37.9 Å². The lowest BCUT2D eigenvalue weighted by atomic mass is 9.96. The van der Waals surface area contributed by atoms with Crippen LogP contribution in [0.15, 0.2) is 30.5 Å². The number of benzene rings is 1. The van der Waals surface area contributed by atoms with E-state index in [1.165, 1.54) is 30.2 Å². The summed E-state index contributed by atoms with van der Waals surface area (Å²) < 4.78 is 15.2. The first-order chi connectivity index (χ1) is 12.5. The first-order valence-electron chi connectivity index (χ1n) is 9.64. The van der Waals surface area contributed by atoms with Gasteiger partial charge in [0.15, 0.2) is 0 Å². The molecule has 0 atom stereocenters. The van der Waals surface area contributed by atoms with E-state index in [1.54, 1.807) is 12.1 Å². The van der Waals surface area contributed by atoms with Crippen LogP contribution in [0.3, 0.4) is 0 Å². The molecule has 0 saturated carbocycles. The molecule has 0 N–H and O–H groups in total. The van der Waals surface area contributed by atoms with Crippen molar-refractivity contribution in [1.82, 2.24) is 19.6 Å². The molecule has 1 aromatic heterocycles. The number of likely N-dealkylation sites (tertiary alicyclic amines) is 1. The summed E-state index contributed by atoms with van der Waals surface area (Å²) >= 11 is 0. The molecule has 0 radical (unpaired) electrons. The molecule has 1 saturated heterocycles. The van der Waals surface area contributed by atoms with Crippen LogP contribution in [0.2, 0.25) is 0 Å². The highest BCUT2D eigenvalue weighted by Crippen LogP contribution is 2.20. The molecule has 4 nitrogen and oxygen atoms in total. The van der Waals surface area contributed by atoms with Crippen molar-refractivity contribution in [3.63, 3.8) is 0 Å². The Hall–Kier alpha value is -1.72. The van der Waals surface area contributed by atoms with Crippen LogP contribution in [-0.4, -0.2) is 52.8 Å². The summed E-state index contributed by atoms with van der Waals surface area (Å²) in [6.45, 7) is 7.58. The van der Waals surface area contributed by atoms with E-state index in [9.17, 15) is 4.39 Å². The standard InChI is InChI=1S/C21H31FN4/c1-17-20(14-23-25(17)3)16-24(2)15-19-8-11-26(12-9-19)10-7-18-5-4-6-21(22)13-18/h4-6,13-14,19H,7-12,15-16H2,1-3H3. The lowest BCUT2D eigenvalue weighted by Crippen LogP contribution is -2.38. The average Bonchev–Trinajstić information content (AvgIpc) is 2.93. The van der Waals surface area contributed by atoms with Crippen molar-refractivity contribution >= 4 is 0 Å². The lowest BCUT2D eigenvalue weighted by molar-refractivity contribution is 0.153. The van der Waals surface area contributed by atoms with Crippen molar-refractivity contribution in [2.75, 3.05) is 33.2 Å². The second-order valence-corrected chi connectivity index (χ2v) is 7.74. The van der Waals surface area contributed by atoms with Gasteiger partial charge in [0.1, 0.15) is 5.82 Å². The predicted octanol–water partition coefficient (Wildman–Crippen LogP) is 3.25. The van der Waals surface area contributed by atoms with Gasteiger partial charge in [-0.1, -0.05) is 12.1 Å². The van der Waals surface area contributed by atoms with Crippen molar-refractivity contribution in [1.29, 1.82) is 0 Å². The Bertz CT molecular complexity index is 704. The highest BCUT2D eigenvalue weighted by molar-refractivity contribution is 5.17. The maximum Gasteiger partial charge on any atom is 0.123 e. The van der Waals surface area contributed by atoms with Crippen LogP contribution in [0.1, 0.15) is 29.7 Å². The Morgan fingerprint density at radius 1 is 1.27 bits per heavy atom. The molecule has 5 heteroatoms. The highest BCUT2D eigenvalue weighted by atomic mass is 19.1. The Kier molecular flexibility index (Phi) is 6.43.